The second-order valence-electron chi connectivity index (χ2n) is 5.47. The van der Waals surface area contributed by atoms with E-state index in [-0.39, 0.29) is 30.7 Å². The second-order valence-corrected chi connectivity index (χ2v) is 5.47. The monoisotopic (exact) mass is 327 g/mol. The minimum absolute atomic E-state index is 0.0202. The molecule has 1 aliphatic carbocycles. The molecular weight excluding hydrogens is 308 g/mol. The lowest BCUT2D eigenvalue weighted by Crippen LogP contribution is -2.39. The van der Waals surface area contributed by atoms with E-state index in [4.69, 9.17) is 0 Å². The van der Waals surface area contributed by atoms with Gasteiger partial charge in [0.15, 0.2) is 0 Å². The number of hydrogen-bond donors (Lipinski definition) is 2. The predicted octanol–water partition coefficient (Wildman–Crippen LogP) is 1.44. The van der Waals surface area contributed by atoms with Crippen LogP contribution in [-0.4, -0.2) is 49.5 Å². The van der Waals surface area contributed by atoms with E-state index in [2.05, 4.69) is 15.4 Å². The molecule has 2 N–H and O–H groups in total. The summed E-state index contributed by atoms with van der Waals surface area (Å²) in [5.74, 6) is -0.377. The van der Waals surface area contributed by atoms with Crippen LogP contribution >= 0.6 is 0 Å². The largest absolute Gasteiger partial charge is 0.435 e. The van der Waals surface area contributed by atoms with Crippen molar-refractivity contribution in [1.29, 1.82) is 0 Å². The molecule has 126 valence electrons. The van der Waals surface area contributed by atoms with Crippen molar-refractivity contribution in [3.05, 3.63) is 24.3 Å². The van der Waals surface area contributed by atoms with Gasteiger partial charge in [0, 0.05) is 11.7 Å². The Morgan fingerprint density at radius 1 is 1.22 bits per heavy atom. The van der Waals surface area contributed by atoms with E-state index in [0.29, 0.717) is 11.7 Å². The highest BCUT2D eigenvalue weighted by Gasteiger charge is 2.23. The number of amides is 2. The molecule has 0 unspecified atom stereocenters. The van der Waals surface area contributed by atoms with Gasteiger partial charge in [0.1, 0.15) is 5.75 Å². The number of halogens is 2. The summed E-state index contributed by atoms with van der Waals surface area (Å²) in [5.41, 5.74) is 0.465. The van der Waals surface area contributed by atoms with Crippen molar-refractivity contribution < 1.29 is 23.1 Å². The summed E-state index contributed by atoms with van der Waals surface area (Å²) in [6.45, 7) is -2.69. The Balaban J connectivity index is 1.73. The van der Waals surface area contributed by atoms with Crippen molar-refractivity contribution in [2.45, 2.75) is 25.5 Å². The Morgan fingerprint density at radius 3 is 2.39 bits per heavy atom. The molecule has 0 saturated heterocycles. The number of benzene rings is 1. The van der Waals surface area contributed by atoms with E-state index in [1.807, 2.05) is 0 Å². The van der Waals surface area contributed by atoms with E-state index in [1.165, 1.54) is 24.3 Å². The fourth-order valence-electron chi connectivity index (χ4n) is 1.97. The van der Waals surface area contributed by atoms with Gasteiger partial charge in [0.25, 0.3) is 0 Å². The third-order valence-electron chi connectivity index (χ3n) is 3.13. The number of hydrogen-bond acceptors (Lipinski definition) is 4. The van der Waals surface area contributed by atoms with E-state index >= 15 is 0 Å². The molecule has 2 amide bonds. The Labute approximate surface area is 132 Å². The van der Waals surface area contributed by atoms with E-state index in [1.54, 1.807) is 11.9 Å². The number of carbonyl (C=O) groups is 2. The summed E-state index contributed by atoms with van der Waals surface area (Å²) >= 11 is 0. The Morgan fingerprint density at radius 2 is 1.83 bits per heavy atom. The normalized spacial score (nSPS) is 14.0. The van der Waals surface area contributed by atoms with Gasteiger partial charge in [0.05, 0.1) is 13.1 Å². The van der Waals surface area contributed by atoms with Crippen LogP contribution in [0.25, 0.3) is 0 Å². The van der Waals surface area contributed by atoms with E-state index < -0.39 is 6.61 Å². The molecule has 0 spiro atoms. The van der Waals surface area contributed by atoms with Crippen LogP contribution in [0, 0.1) is 0 Å². The first kappa shape index (κ1) is 17.1. The average molecular weight is 327 g/mol. The first-order valence-electron chi connectivity index (χ1n) is 7.25. The first-order valence-corrected chi connectivity index (χ1v) is 7.25. The van der Waals surface area contributed by atoms with Crippen molar-refractivity contribution in [3.8, 4) is 5.75 Å². The van der Waals surface area contributed by atoms with Crippen molar-refractivity contribution >= 4 is 17.5 Å². The molecule has 0 heterocycles. The van der Waals surface area contributed by atoms with Crippen LogP contribution in [0.1, 0.15) is 12.8 Å². The number of rotatable bonds is 8. The third-order valence-corrected chi connectivity index (χ3v) is 3.13. The molecule has 0 bridgehead atoms. The summed E-state index contributed by atoms with van der Waals surface area (Å²) in [6, 6.07) is 5.91. The molecule has 8 heteroatoms. The second kappa shape index (κ2) is 7.87. The lowest BCUT2D eigenvalue weighted by molar-refractivity contribution is -0.123. The molecular formula is C15H19F2N3O3. The van der Waals surface area contributed by atoms with Crippen LogP contribution < -0.4 is 15.4 Å². The highest BCUT2D eigenvalue weighted by atomic mass is 19.3. The first-order chi connectivity index (χ1) is 10.9. The van der Waals surface area contributed by atoms with Crippen LogP contribution in [0.2, 0.25) is 0 Å². The predicted molar refractivity (Wildman–Crippen MR) is 80.4 cm³/mol. The topological polar surface area (TPSA) is 70.7 Å². The van der Waals surface area contributed by atoms with Crippen molar-refractivity contribution in [2.75, 3.05) is 25.5 Å². The summed E-state index contributed by atoms with van der Waals surface area (Å²) in [7, 11) is 1.67. The van der Waals surface area contributed by atoms with E-state index in [9.17, 15) is 18.4 Å². The molecule has 0 aromatic heterocycles. The van der Waals surface area contributed by atoms with Crippen molar-refractivity contribution in [2.24, 2.45) is 0 Å². The van der Waals surface area contributed by atoms with Crippen LogP contribution in [0.4, 0.5) is 14.5 Å². The van der Waals surface area contributed by atoms with Gasteiger partial charge >= 0.3 is 6.61 Å². The molecule has 1 aliphatic rings. The molecule has 1 aromatic rings. The lowest BCUT2D eigenvalue weighted by atomic mass is 10.3. The molecule has 0 aliphatic heterocycles. The quantitative estimate of drug-likeness (QED) is 0.758. The zero-order valence-electron chi connectivity index (χ0n) is 12.7. The maximum Gasteiger partial charge on any atom is 0.387 e. The standard InChI is InChI=1S/C15H19F2N3O3/c1-20(8-13(21)18-10-2-3-10)9-14(22)19-11-4-6-12(7-5-11)23-15(16)17/h4-7,10,15H,2-3,8-9H2,1H3,(H,18,21)(H,19,22). The van der Waals surface area contributed by atoms with Gasteiger partial charge in [0.2, 0.25) is 11.8 Å². The highest BCUT2D eigenvalue weighted by Crippen LogP contribution is 2.18. The number of likely N-dealkylation sites (N-methyl/N-ethyl adjacent to an activating group) is 1. The number of nitrogens with one attached hydrogen (secondary N) is 2. The highest BCUT2D eigenvalue weighted by molar-refractivity contribution is 5.92. The summed E-state index contributed by atoms with van der Waals surface area (Å²) in [4.78, 5) is 25.1. The van der Waals surface area contributed by atoms with Crippen LogP contribution in [0.3, 0.4) is 0 Å². The average Bonchev–Trinajstić information content (AvgIpc) is 3.23. The fourth-order valence-corrected chi connectivity index (χ4v) is 1.97. The SMILES string of the molecule is CN(CC(=O)Nc1ccc(OC(F)F)cc1)CC(=O)NC1CC1. The van der Waals surface area contributed by atoms with Crippen LogP contribution in [0.15, 0.2) is 24.3 Å². The fraction of sp³-hybridized carbons (Fsp3) is 0.467. The molecule has 2 rings (SSSR count). The van der Waals surface area contributed by atoms with Crippen LogP contribution in [-0.2, 0) is 9.59 Å². The summed E-state index contributed by atoms with van der Waals surface area (Å²) < 4.78 is 28.3. The molecule has 23 heavy (non-hydrogen) atoms. The van der Waals surface area contributed by atoms with E-state index in [0.717, 1.165) is 12.8 Å². The lowest BCUT2D eigenvalue weighted by Gasteiger charge is -2.16. The minimum Gasteiger partial charge on any atom is -0.435 e. The Kier molecular flexibility index (Phi) is 5.86. The Hall–Kier alpha value is -2.22. The van der Waals surface area contributed by atoms with Crippen molar-refractivity contribution in [1.82, 2.24) is 10.2 Å². The van der Waals surface area contributed by atoms with Gasteiger partial charge in [-0.1, -0.05) is 0 Å². The van der Waals surface area contributed by atoms with Gasteiger partial charge in [-0.2, -0.15) is 8.78 Å². The van der Waals surface area contributed by atoms with Gasteiger partial charge in [-0.3, -0.25) is 14.5 Å². The number of nitrogens with zero attached hydrogens (tertiary/aromatic N) is 1. The summed E-state index contributed by atoms with van der Waals surface area (Å²) in [5, 5.41) is 5.47. The molecule has 1 fully saturated rings. The zero-order valence-corrected chi connectivity index (χ0v) is 12.7. The summed E-state index contributed by atoms with van der Waals surface area (Å²) in [6.07, 6.45) is 2.03. The smallest absolute Gasteiger partial charge is 0.387 e. The maximum atomic E-state index is 12.0. The minimum atomic E-state index is -2.88. The number of anilines is 1. The number of ether oxygens (including phenoxy) is 1. The number of alkyl halides is 2. The van der Waals surface area contributed by atoms with Crippen molar-refractivity contribution in [3.63, 3.8) is 0 Å². The van der Waals surface area contributed by atoms with Crippen LogP contribution in [0.5, 0.6) is 5.75 Å². The number of carbonyl (C=O) groups excluding carboxylic acids is 2. The molecule has 0 radical (unpaired) electrons. The van der Waals surface area contributed by atoms with Gasteiger partial charge in [-0.15, -0.1) is 0 Å². The molecule has 0 atom stereocenters. The zero-order chi connectivity index (χ0) is 16.8. The van der Waals surface area contributed by atoms with Gasteiger partial charge in [-0.25, -0.2) is 0 Å². The molecule has 6 nitrogen and oxygen atoms in total. The van der Waals surface area contributed by atoms with Gasteiger partial charge in [-0.05, 0) is 44.2 Å². The molecule has 1 aromatic carbocycles. The molecule has 1 saturated carbocycles. The Bertz CT molecular complexity index is 547. The third kappa shape index (κ3) is 6.60. The maximum absolute atomic E-state index is 12.0. The van der Waals surface area contributed by atoms with Gasteiger partial charge < -0.3 is 15.4 Å².